The van der Waals surface area contributed by atoms with Gasteiger partial charge in [0, 0.05) is 18.2 Å². The molecule has 0 saturated carbocycles. The van der Waals surface area contributed by atoms with Crippen molar-refractivity contribution in [2.24, 2.45) is 0 Å². The highest BCUT2D eigenvalue weighted by Gasteiger charge is 2.12. The molecule has 0 spiro atoms. The van der Waals surface area contributed by atoms with E-state index in [-0.39, 0.29) is 18.1 Å². The predicted octanol–water partition coefficient (Wildman–Crippen LogP) is 2.61. The van der Waals surface area contributed by atoms with Crippen LogP contribution in [0.5, 0.6) is 11.5 Å². The summed E-state index contributed by atoms with van der Waals surface area (Å²) in [6, 6.07) is 4.40. The largest absolute Gasteiger partial charge is 0.458 e. The Bertz CT molecular complexity index is 699. The van der Waals surface area contributed by atoms with E-state index in [9.17, 15) is 14.4 Å². The highest BCUT2D eigenvalue weighted by Crippen LogP contribution is 2.29. The van der Waals surface area contributed by atoms with Gasteiger partial charge in [0.25, 0.3) is 0 Å². The molecule has 0 aromatic heterocycles. The molecule has 0 fully saturated rings. The minimum absolute atomic E-state index is 0.00305. The van der Waals surface area contributed by atoms with Gasteiger partial charge >= 0.3 is 17.9 Å². The van der Waals surface area contributed by atoms with Crippen LogP contribution in [0.1, 0.15) is 5.56 Å². The molecule has 0 aliphatic rings. The first kappa shape index (κ1) is 18.6. The Hall–Kier alpha value is -3.41. The highest BCUT2D eigenvalue weighted by molar-refractivity contribution is 5.88. The summed E-state index contributed by atoms with van der Waals surface area (Å²) in [6.07, 6.45) is 6.04. The second-order valence-corrected chi connectivity index (χ2v) is 4.21. The number of benzene rings is 1. The van der Waals surface area contributed by atoms with Crippen LogP contribution in [0.3, 0.4) is 0 Å². The maximum Gasteiger partial charge on any atom is 0.335 e. The third kappa shape index (κ3) is 6.15. The van der Waals surface area contributed by atoms with Gasteiger partial charge in [-0.25, -0.2) is 14.4 Å². The van der Waals surface area contributed by atoms with E-state index in [1.165, 1.54) is 30.4 Å². The molecule has 1 aromatic rings. The van der Waals surface area contributed by atoms with Crippen molar-refractivity contribution in [2.45, 2.75) is 0 Å². The topological polar surface area (TPSA) is 78.9 Å². The maximum absolute atomic E-state index is 11.4. The van der Waals surface area contributed by atoms with Gasteiger partial charge in [-0.05, 0) is 23.8 Å². The van der Waals surface area contributed by atoms with E-state index in [1.54, 1.807) is 6.07 Å². The van der Waals surface area contributed by atoms with Crippen LogP contribution in [-0.4, -0.2) is 24.5 Å². The molecule has 0 radical (unpaired) electrons. The molecule has 0 heterocycles. The Morgan fingerprint density at radius 2 is 1.54 bits per heavy atom. The number of ether oxygens (including phenoxy) is 3. The van der Waals surface area contributed by atoms with Crippen molar-refractivity contribution in [1.82, 2.24) is 0 Å². The summed E-state index contributed by atoms with van der Waals surface area (Å²) in [7, 11) is 0. The first-order valence-electron chi connectivity index (χ1n) is 6.78. The third-order valence-electron chi connectivity index (χ3n) is 2.48. The molecule has 1 aromatic carbocycles. The molecule has 1 rings (SSSR count). The van der Waals surface area contributed by atoms with Crippen LogP contribution in [0, 0.1) is 0 Å². The van der Waals surface area contributed by atoms with Crippen molar-refractivity contribution in [2.75, 3.05) is 6.61 Å². The minimum Gasteiger partial charge on any atom is -0.458 e. The molecule has 0 N–H and O–H groups in total. The summed E-state index contributed by atoms with van der Waals surface area (Å²) in [6.45, 7) is 10.1. The van der Waals surface area contributed by atoms with E-state index in [0.29, 0.717) is 5.56 Å². The van der Waals surface area contributed by atoms with Crippen LogP contribution in [-0.2, 0) is 19.1 Å². The summed E-state index contributed by atoms with van der Waals surface area (Å²) in [5, 5.41) is 0. The van der Waals surface area contributed by atoms with Crippen molar-refractivity contribution >= 4 is 24.0 Å². The predicted molar refractivity (Wildman–Crippen MR) is 88.3 cm³/mol. The van der Waals surface area contributed by atoms with Gasteiger partial charge in [0.15, 0.2) is 11.5 Å². The van der Waals surface area contributed by atoms with E-state index in [4.69, 9.17) is 14.2 Å². The molecule has 124 valence electrons. The Balaban J connectivity index is 3.03. The quantitative estimate of drug-likeness (QED) is 0.316. The number of hydrogen-bond donors (Lipinski definition) is 0. The van der Waals surface area contributed by atoms with Crippen molar-refractivity contribution in [3.63, 3.8) is 0 Å². The van der Waals surface area contributed by atoms with Gasteiger partial charge in [0.2, 0.25) is 0 Å². The lowest BCUT2D eigenvalue weighted by atomic mass is 10.2. The molecule has 6 nitrogen and oxygen atoms in total. The first-order chi connectivity index (χ1) is 11.5. The molecule has 0 aliphatic heterocycles. The summed E-state index contributed by atoms with van der Waals surface area (Å²) < 4.78 is 14.8. The Kier molecular flexibility index (Phi) is 7.44. The molecular formula is C18H16O6. The van der Waals surface area contributed by atoms with Gasteiger partial charge in [0.1, 0.15) is 6.61 Å². The van der Waals surface area contributed by atoms with E-state index in [0.717, 1.165) is 12.2 Å². The first-order valence-corrected chi connectivity index (χ1v) is 6.78. The zero-order valence-electron chi connectivity index (χ0n) is 12.9. The van der Waals surface area contributed by atoms with E-state index in [2.05, 4.69) is 19.7 Å². The van der Waals surface area contributed by atoms with Gasteiger partial charge in [-0.3, -0.25) is 0 Å². The van der Waals surface area contributed by atoms with Crippen LogP contribution in [0.25, 0.3) is 6.08 Å². The standard InChI is InChI=1S/C18H16O6/c1-4-11-22-18(21)10-8-13-7-9-14(23-16(19)5-2)15(12-13)24-17(20)6-3/h4-10,12H,1-3,11H2/b10-8+. The number of hydrogen-bond acceptors (Lipinski definition) is 6. The van der Waals surface area contributed by atoms with Crippen LogP contribution in [0.15, 0.2) is 62.2 Å². The normalized spacial score (nSPS) is 9.83. The van der Waals surface area contributed by atoms with Crippen molar-refractivity contribution in [1.29, 1.82) is 0 Å². The molecule has 0 bridgehead atoms. The molecule has 0 amide bonds. The fraction of sp³-hybridized carbons (Fsp3) is 0.0556. The molecule has 6 heteroatoms. The summed E-state index contributed by atoms with van der Waals surface area (Å²) in [5.41, 5.74) is 0.524. The van der Waals surface area contributed by atoms with Gasteiger partial charge in [-0.1, -0.05) is 31.9 Å². The third-order valence-corrected chi connectivity index (χ3v) is 2.48. The van der Waals surface area contributed by atoms with E-state index >= 15 is 0 Å². The van der Waals surface area contributed by atoms with Crippen molar-refractivity contribution < 1.29 is 28.6 Å². The van der Waals surface area contributed by atoms with Crippen molar-refractivity contribution in [3.8, 4) is 11.5 Å². The minimum atomic E-state index is -0.725. The Labute approximate surface area is 139 Å². The number of esters is 3. The smallest absolute Gasteiger partial charge is 0.335 e. The summed E-state index contributed by atoms with van der Waals surface area (Å²) >= 11 is 0. The Morgan fingerprint density at radius 1 is 0.917 bits per heavy atom. The zero-order chi connectivity index (χ0) is 17.9. The number of rotatable bonds is 8. The van der Waals surface area contributed by atoms with E-state index in [1.807, 2.05) is 0 Å². The molecular weight excluding hydrogens is 312 g/mol. The molecule has 0 unspecified atom stereocenters. The zero-order valence-corrected chi connectivity index (χ0v) is 12.9. The summed E-state index contributed by atoms with van der Waals surface area (Å²) in [5.74, 6) is -1.96. The summed E-state index contributed by atoms with van der Waals surface area (Å²) in [4.78, 5) is 34.1. The van der Waals surface area contributed by atoms with Crippen LogP contribution >= 0.6 is 0 Å². The fourth-order valence-electron chi connectivity index (χ4n) is 1.45. The van der Waals surface area contributed by atoms with Gasteiger partial charge in [-0.2, -0.15) is 0 Å². The van der Waals surface area contributed by atoms with Gasteiger partial charge < -0.3 is 14.2 Å². The fourth-order valence-corrected chi connectivity index (χ4v) is 1.45. The van der Waals surface area contributed by atoms with Gasteiger partial charge in [-0.15, -0.1) is 0 Å². The number of carbonyl (C=O) groups excluding carboxylic acids is 3. The number of carbonyl (C=O) groups is 3. The molecule has 24 heavy (non-hydrogen) atoms. The van der Waals surface area contributed by atoms with Crippen LogP contribution in [0.2, 0.25) is 0 Å². The van der Waals surface area contributed by atoms with Crippen LogP contribution < -0.4 is 9.47 Å². The average Bonchev–Trinajstić information content (AvgIpc) is 2.59. The SMILES string of the molecule is C=CCOC(=O)/C=C/c1ccc(OC(=O)C=C)c(OC(=O)C=C)c1. The van der Waals surface area contributed by atoms with Crippen molar-refractivity contribution in [3.05, 3.63) is 67.8 Å². The van der Waals surface area contributed by atoms with Gasteiger partial charge in [0.05, 0.1) is 0 Å². The second kappa shape index (κ2) is 9.58. The van der Waals surface area contributed by atoms with E-state index < -0.39 is 17.9 Å². The lowest BCUT2D eigenvalue weighted by Crippen LogP contribution is -2.08. The lowest BCUT2D eigenvalue weighted by Gasteiger charge is -2.09. The lowest BCUT2D eigenvalue weighted by molar-refractivity contribution is -0.136. The highest BCUT2D eigenvalue weighted by atomic mass is 16.6. The molecule has 0 saturated heterocycles. The van der Waals surface area contributed by atoms with Crippen LogP contribution in [0.4, 0.5) is 0 Å². The molecule has 0 atom stereocenters. The average molecular weight is 328 g/mol. The maximum atomic E-state index is 11.4. The monoisotopic (exact) mass is 328 g/mol. The Morgan fingerprint density at radius 3 is 2.12 bits per heavy atom. The molecule has 0 aliphatic carbocycles. The second-order valence-electron chi connectivity index (χ2n) is 4.21.